The second kappa shape index (κ2) is 6.54. The first-order chi connectivity index (χ1) is 11.8. The van der Waals surface area contributed by atoms with Crippen molar-refractivity contribution in [3.05, 3.63) is 29.5 Å². The van der Waals surface area contributed by atoms with Gasteiger partial charge in [-0.25, -0.2) is 15.0 Å². The molecule has 1 saturated heterocycles. The van der Waals surface area contributed by atoms with Crippen molar-refractivity contribution in [2.75, 3.05) is 36.5 Å². The number of hydrogen-bond acceptors (Lipinski definition) is 8. The molecule has 3 aromatic rings. The largest absolute Gasteiger partial charge is 0.378 e. The zero-order valence-electron chi connectivity index (χ0n) is 13.2. The van der Waals surface area contributed by atoms with E-state index in [1.54, 1.807) is 6.20 Å². The topological polar surface area (TPSA) is 91.9 Å². The van der Waals surface area contributed by atoms with Gasteiger partial charge in [0.25, 0.3) is 0 Å². The number of nitrogens with zero attached hydrogens (tertiary/aromatic N) is 5. The van der Waals surface area contributed by atoms with E-state index in [1.165, 1.54) is 11.3 Å². The number of ether oxygens (including phenoxy) is 1. The summed E-state index contributed by atoms with van der Waals surface area (Å²) < 4.78 is 5.41. The van der Waals surface area contributed by atoms with Crippen LogP contribution < -0.4 is 10.2 Å². The first-order valence-corrected chi connectivity index (χ1v) is 8.56. The van der Waals surface area contributed by atoms with E-state index in [0.29, 0.717) is 5.95 Å². The van der Waals surface area contributed by atoms with Gasteiger partial charge < -0.3 is 15.0 Å². The molecule has 1 fully saturated rings. The average Bonchev–Trinajstić information content (AvgIpc) is 3.24. The summed E-state index contributed by atoms with van der Waals surface area (Å²) in [7, 11) is 0. The maximum absolute atomic E-state index is 5.41. The molecule has 0 amide bonds. The number of hydrogen-bond donors (Lipinski definition) is 2. The second-order valence-corrected chi connectivity index (χ2v) is 6.27. The third-order valence-corrected chi connectivity index (χ3v) is 4.50. The lowest BCUT2D eigenvalue weighted by atomic mass is 10.2. The van der Waals surface area contributed by atoms with Crippen LogP contribution in [0.15, 0.2) is 23.8 Å². The molecule has 4 heterocycles. The van der Waals surface area contributed by atoms with Gasteiger partial charge in [0.05, 0.1) is 30.7 Å². The van der Waals surface area contributed by atoms with Crippen LogP contribution in [0.3, 0.4) is 0 Å². The molecule has 2 N–H and O–H groups in total. The highest BCUT2D eigenvalue weighted by Gasteiger charge is 2.19. The van der Waals surface area contributed by atoms with E-state index < -0.39 is 0 Å². The van der Waals surface area contributed by atoms with Crippen molar-refractivity contribution < 1.29 is 4.74 Å². The fourth-order valence-corrected chi connectivity index (χ4v) is 3.26. The standard InChI is InChI=1S/C15H17N7OS/c1-10-2-3-16-14(18-10)20-15-19-12(9-24-15)11-8-17-21-13(11)22-4-6-23-7-5-22/h2-3,8-9H,4-7H2,1H3,(H,17,21)(H,16,18,19,20). The minimum absolute atomic E-state index is 0.552. The SMILES string of the molecule is Cc1ccnc(Nc2nc(-c3cn[nH]c3N3CCOCC3)cs2)n1. The second-order valence-electron chi connectivity index (χ2n) is 5.42. The number of H-pyrrole nitrogens is 1. The van der Waals surface area contributed by atoms with Crippen LogP contribution >= 0.6 is 11.3 Å². The molecule has 9 heteroatoms. The summed E-state index contributed by atoms with van der Waals surface area (Å²) >= 11 is 1.52. The molecule has 0 bridgehead atoms. The van der Waals surface area contributed by atoms with Crippen molar-refractivity contribution in [3.63, 3.8) is 0 Å². The van der Waals surface area contributed by atoms with E-state index in [1.807, 2.05) is 24.6 Å². The molecular formula is C15H17N7OS. The van der Waals surface area contributed by atoms with Crippen LogP contribution in [-0.2, 0) is 4.74 Å². The summed E-state index contributed by atoms with van der Waals surface area (Å²) in [5, 5.41) is 13.2. The maximum Gasteiger partial charge on any atom is 0.229 e. The van der Waals surface area contributed by atoms with Gasteiger partial charge in [-0.05, 0) is 13.0 Å². The first-order valence-electron chi connectivity index (χ1n) is 7.68. The molecule has 124 valence electrons. The number of aromatic nitrogens is 5. The molecule has 1 aliphatic rings. The minimum atomic E-state index is 0.552. The molecule has 0 aliphatic carbocycles. The maximum atomic E-state index is 5.41. The Kier molecular flexibility index (Phi) is 4.09. The number of anilines is 3. The van der Waals surface area contributed by atoms with Crippen LogP contribution in [0.25, 0.3) is 11.3 Å². The van der Waals surface area contributed by atoms with Gasteiger partial charge in [0.1, 0.15) is 5.82 Å². The van der Waals surface area contributed by atoms with Gasteiger partial charge in [-0.3, -0.25) is 5.10 Å². The van der Waals surface area contributed by atoms with Gasteiger partial charge >= 0.3 is 0 Å². The van der Waals surface area contributed by atoms with Crippen LogP contribution in [0.5, 0.6) is 0 Å². The molecule has 3 aromatic heterocycles. The van der Waals surface area contributed by atoms with Crippen LogP contribution in [0, 0.1) is 6.92 Å². The van der Waals surface area contributed by atoms with Gasteiger partial charge in [-0.2, -0.15) is 5.10 Å². The average molecular weight is 343 g/mol. The van der Waals surface area contributed by atoms with E-state index >= 15 is 0 Å². The fraction of sp³-hybridized carbons (Fsp3) is 0.333. The predicted octanol–water partition coefficient (Wildman–Crippen LogP) is 2.21. The van der Waals surface area contributed by atoms with Crippen molar-refractivity contribution in [1.29, 1.82) is 0 Å². The van der Waals surface area contributed by atoms with Crippen molar-refractivity contribution in [3.8, 4) is 11.3 Å². The monoisotopic (exact) mass is 343 g/mol. The molecule has 0 atom stereocenters. The number of aryl methyl sites for hydroxylation is 1. The lowest BCUT2D eigenvalue weighted by Gasteiger charge is -2.27. The zero-order valence-corrected chi connectivity index (χ0v) is 14.0. The smallest absolute Gasteiger partial charge is 0.229 e. The molecule has 0 spiro atoms. The Labute approximate surface area is 142 Å². The Bertz CT molecular complexity index is 825. The molecule has 0 radical (unpaired) electrons. The van der Waals surface area contributed by atoms with Crippen LogP contribution in [-0.4, -0.2) is 51.5 Å². The molecule has 0 aromatic carbocycles. The summed E-state index contributed by atoms with van der Waals surface area (Å²) in [4.78, 5) is 15.4. The molecule has 0 unspecified atom stereocenters. The fourth-order valence-electron chi connectivity index (χ4n) is 2.55. The van der Waals surface area contributed by atoms with E-state index in [-0.39, 0.29) is 0 Å². The van der Waals surface area contributed by atoms with Gasteiger partial charge in [-0.15, -0.1) is 11.3 Å². The highest BCUT2D eigenvalue weighted by molar-refractivity contribution is 7.14. The van der Waals surface area contributed by atoms with E-state index in [2.05, 4.69) is 35.4 Å². The number of nitrogens with one attached hydrogen (secondary N) is 2. The molecule has 0 saturated carbocycles. The Morgan fingerprint density at radius 3 is 3.00 bits per heavy atom. The van der Waals surface area contributed by atoms with Crippen LogP contribution in [0.1, 0.15) is 5.69 Å². The Hall–Kier alpha value is -2.52. The summed E-state index contributed by atoms with van der Waals surface area (Å²) in [6.45, 7) is 5.09. The number of thiazole rings is 1. The zero-order chi connectivity index (χ0) is 16.4. The van der Waals surface area contributed by atoms with E-state index in [9.17, 15) is 0 Å². The summed E-state index contributed by atoms with van der Waals surface area (Å²) in [5.74, 6) is 1.54. The van der Waals surface area contributed by atoms with Crippen molar-refractivity contribution in [2.45, 2.75) is 6.92 Å². The summed E-state index contributed by atoms with van der Waals surface area (Å²) in [6.07, 6.45) is 3.54. The van der Waals surface area contributed by atoms with Crippen LogP contribution in [0.4, 0.5) is 16.9 Å². The molecular weight excluding hydrogens is 326 g/mol. The Morgan fingerprint density at radius 1 is 1.29 bits per heavy atom. The highest BCUT2D eigenvalue weighted by Crippen LogP contribution is 2.32. The van der Waals surface area contributed by atoms with Gasteiger partial charge in [0.15, 0.2) is 5.13 Å². The Balaban J connectivity index is 1.56. The summed E-state index contributed by atoms with van der Waals surface area (Å²) in [5.41, 5.74) is 2.78. The van der Waals surface area contributed by atoms with Crippen molar-refractivity contribution >= 4 is 28.2 Å². The number of rotatable bonds is 4. The summed E-state index contributed by atoms with van der Waals surface area (Å²) in [6, 6.07) is 1.86. The van der Waals surface area contributed by atoms with Crippen molar-refractivity contribution in [1.82, 2.24) is 25.1 Å². The van der Waals surface area contributed by atoms with E-state index in [0.717, 1.165) is 54.2 Å². The first kappa shape index (κ1) is 15.0. The Morgan fingerprint density at radius 2 is 2.17 bits per heavy atom. The van der Waals surface area contributed by atoms with Gasteiger partial charge in [0, 0.05) is 30.4 Å². The predicted molar refractivity (Wildman–Crippen MR) is 92.8 cm³/mol. The lowest BCUT2D eigenvalue weighted by Crippen LogP contribution is -2.36. The third kappa shape index (κ3) is 3.08. The molecule has 4 rings (SSSR count). The highest BCUT2D eigenvalue weighted by atomic mass is 32.1. The minimum Gasteiger partial charge on any atom is -0.378 e. The molecule has 8 nitrogen and oxygen atoms in total. The quantitative estimate of drug-likeness (QED) is 0.750. The third-order valence-electron chi connectivity index (χ3n) is 3.74. The molecule has 1 aliphatic heterocycles. The molecule has 24 heavy (non-hydrogen) atoms. The lowest BCUT2D eigenvalue weighted by molar-refractivity contribution is 0.122. The number of morpholine rings is 1. The normalized spacial score (nSPS) is 14.8. The number of aromatic amines is 1. The van der Waals surface area contributed by atoms with E-state index in [4.69, 9.17) is 4.74 Å². The van der Waals surface area contributed by atoms with Crippen LogP contribution in [0.2, 0.25) is 0 Å². The van der Waals surface area contributed by atoms with Gasteiger partial charge in [0.2, 0.25) is 5.95 Å². The van der Waals surface area contributed by atoms with Gasteiger partial charge in [-0.1, -0.05) is 0 Å². The van der Waals surface area contributed by atoms with Crippen molar-refractivity contribution in [2.24, 2.45) is 0 Å².